The van der Waals surface area contributed by atoms with Gasteiger partial charge in [0.2, 0.25) is 10.0 Å². The van der Waals surface area contributed by atoms with E-state index in [4.69, 9.17) is 10.2 Å². The number of hydrogen-bond acceptors (Lipinski definition) is 5. The van der Waals surface area contributed by atoms with Crippen molar-refractivity contribution >= 4 is 16.0 Å². The van der Waals surface area contributed by atoms with E-state index >= 15 is 0 Å². The Bertz CT molecular complexity index is 441. The Balaban J connectivity index is 2.47. The monoisotopic (exact) mass is 249 g/mol. The van der Waals surface area contributed by atoms with Crippen molar-refractivity contribution in [2.75, 3.05) is 6.54 Å². The largest absolute Gasteiger partial charge is 0.479 e. The van der Waals surface area contributed by atoms with Crippen LogP contribution in [0.15, 0.2) is 17.3 Å². The van der Waals surface area contributed by atoms with Crippen LogP contribution in [0.5, 0.6) is 0 Å². The van der Waals surface area contributed by atoms with Crippen LogP contribution in [0.3, 0.4) is 0 Å². The van der Waals surface area contributed by atoms with Crippen LogP contribution in [0.2, 0.25) is 0 Å². The predicted octanol–water partition coefficient (Wildman–Crippen LogP) is -1.48. The van der Waals surface area contributed by atoms with Crippen LogP contribution in [0.1, 0.15) is 6.42 Å². The first-order valence-electron chi connectivity index (χ1n) is 4.33. The molecule has 0 saturated heterocycles. The van der Waals surface area contributed by atoms with Crippen molar-refractivity contribution in [2.24, 2.45) is 0 Å². The van der Waals surface area contributed by atoms with Gasteiger partial charge in [-0.1, -0.05) is 0 Å². The highest BCUT2D eigenvalue weighted by atomic mass is 32.2. The van der Waals surface area contributed by atoms with Gasteiger partial charge in [0, 0.05) is 12.7 Å². The first-order valence-corrected chi connectivity index (χ1v) is 5.81. The zero-order chi connectivity index (χ0) is 12.2. The maximum absolute atomic E-state index is 11.4. The first-order chi connectivity index (χ1) is 7.43. The summed E-state index contributed by atoms with van der Waals surface area (Å²) in [5.74, 6) is -1.39. The van der Waals surface area contributed by atoms with Gasteiger partial charge in [-0.15, -0.1) is 0 Å². The van der Waals surface area contributed by atoms with Crippen LogP contribution >= 0.6 is 0 Å². The molecule has 1 rings (SSSR count). The lowest BCUT2D eigenvalue weighted by Gasteiger charge is -2.06. The van der Waals surface area contributed by atoms with Crippen molar-refractivity contribution in [3.05, 3.63) is 12.4 Å². The van der Waals surface area contributed by atoms with Gasteiger partial charge in [0.05, 0.1) is 6.20 Å². The standard InChI is InChI=1S/C7H11N3O5S/c11-6(7(12)13)1-2-10-16(14,15)5-3-8-9-4-5/h3-4,6,10-11H,1-2H2,(H,8,9)(H,12,13). The van der Waals surface area contributed by atoms with E-state index in [0.717, 1.165) is 6.20 Å². The topological polar surface area (TPSA) is 132 Å². The van der Waals surface area contributed by atoms with Gasteiger partial charge in [-0.25, -0.2) is 17.9 Å². The molecule has 0 fully saturated rings. The minimum atomic E-state index is -3.69. The molecular weight excluding hydrogens is 238 g/mol. The maximum Gasteiger partial charge on any atom is 0.332 e. The normalized spacial score (nSPS) is 13.6. The second kappa shape index (κ2) is 5.05. The van der Waals surface area contributed by atoms with E-state index in [1.54, 1.807) is 0 Å². The highest BCUT2D eigenvalue weighted by Crippen LogP contribution is 2.04. The molecule has 1 unspecified atom stereocenters. The second-order valence-electron chi connectivity index (χ2n) is 2.97. The molecule has 0 aromatic carbocycles. The number of aliphatic hydroxyl groups is 1. The van der Waals surface area contributed by atoms with Gasteiger partial charge in [-0.3, -0.25) is 5.10 Å². The highest BCUT2D eigenvalue weighted by Gasteiger charge is 2.17. The lowest BCUT2D eigenvalue weighted by atomic mass is 10.3. The van der Waals surface area contributed by atoms with E-state index < -0.39 is 22.1 Å². The van der Waals surface area contributed by atoms with Crippen molar-refractivity contribution in [1.29, 1.82) is 0 Å². The molecule has 8 nitrogen and oxygen atoms in total. The summed E-state index contributed by atoms with van der Waals surface area (Å²) in [4.78, 5) is 10.2. The van der Waals surface area contributed by atoms with Crippen LogP contribution in [-0.2, 0) is 14.8 Å². The summed E-state index contributed by atoms with van der Waals surface area (Å²) in [6.45, 7) is -0.166. The summed E-state index contributed by atoms with van der Waals surface area (Å²) < 4.78 is 25.0. The van der Waals surface area contributed by atoms with Gasteiger partial charge in [0.1, 0.15) is 4.90 Å². The Morgan fingerprint density at radius 1 is 1.62 bits per heavy atom. The molecule has 0 bridgehead atoms. The minimum absolute atomic E-state index is 0.0442. The number of H-pyrrole nitrogens is 1. The van der Waals surface area contributed by atoms with Gasteiger partial charge in [0.15, 0.2) is 6.10 Å². The lowest BCUT2D eigenvalue weighted by Crippen LogP contribution is -2.29. The molecule has 0 amide bonds. The number of carboxylic acids is 1. The van der Waals surface area contributed by atoms with Crippen molar-refractivity contribution in [2.45, 2.75) is 17.4 Å². The third kappa shape index (κ3) is 3.29. The van der Waals surface area contributed by atoms with Crippen LogP contribution < -0.4 is 4.72 Å². The van der Waals surface area contributed by atoms with Gasteiger partial charge >= 0.3 is 5.97 Å². The fourth-order valence-electron chi connectivity index (χ4n) is 0.923. The zero-order valence-corrected chi connectivity index (χ0v) is 8.94. The number of nitrogens with one attached hydrogen (secondary N) is 2. The van der Waals surface area contributed by atoms with E-state index in [1.165, 1.54) is 6.20 Å². The average Bonchev–Trinajstić information content (AvgIpc) is 2.70. The lowest BCUT2D eigenvalue weighted by molar-refractivity contribution is -0.146. The van der Waals surface area contributed by atoms with Gasteiger partial charge < -0.3 is 10.2 Å². The number of aliphatic hydroxyl groups excluding tert-OH is 1. The molecule has 4 N–H and O–H groups in total. The predicted molar refractivity (Wildman–Crippen MR) is 52.0 cm³/mol. The number of aliphatic carboxylic acids is 1. The molecule has 0 saturated carbocycles. The van der Waals surface area contributed by atoms with Gasteiger partial charge in [-0.2, -0.15) is 5.10 Å². The zero-order valence-electron chi connectivity index (χ0n) is 8.12. The summed E-state index contributed by atoms with van der Waals surface area (Å²) in [7, 11) is -3.69. The Morgan fingerprint density at radius 2 is 2.31 bits per heavy atom. The molecule has 1 aromatic heterocycles. The quantitative estimate of drug-likeness (QED) is 0.486. The number of carbonyl (C=O) groups is 1. The fraction of sp³-hybridized carbons (Fsp3) is 0.429. The molecule has 16 heavy (non-hydrogen) atoms. The molecule has 90 valence electrons. The Morgan fingerprint density at radius 3 is 2.81 bits per heavy atom. The second-order valence-corrected chi connectivity index (χ2v) is 4.74. The molecule has 1 aromatic rings. The summed E-state index contributed by atoms with van der Waals surface area (Å²) in [6, 6.07) is 0. The number of aromatic amines is 1. The molecule has 9 heteroatoms. The number of aromatic nitrogens is 2. The fourth-order valence-corrected chi connectivity index (χ4v) is 1.88. The molecule has 0 spiro atoms. The Hall–Kier alpha value is -1.45. The number of nitrogens with zero attached hydrogens (tertiary/aromatic N) is 1. The Kier molecular flexibility index (Phi) is 3.99. The maximum atomic E-state index is 11.4. The van der Waals surface area contributed by atoms with Crippen molar-refractivity contribution in [1.82, 2.24) is 14.9 Å². The molecule has 0 aliphatic carbocycles. The third-order valence-electron chi connectivity index (χ3n) is 1.78. The SMILES string of the molecule is O=C(O)C(O)CCNS(=O)(=O)c1cn[nH]c1. The minimum Gasteiger partial charge on any atom is -0.479 e. The van der Waals surface area contributed by atoms with Gasteiger partial charge in [0.25, 0.3) is 0 Å². The highest BCUT2D eigenvalue weighted by molar-refractivity contribution is 7.89. The van der Waals surface area contributed by atoms with Crippen LogP contribution in [-0.4, -0.2) is 47.4 Å². The molecular formula is C7H11N3O5S. The summed E-state index contributed by atoms with van der Waals surface area (Å²) >= 11 is 0. The van der Waals surface area contributed by atoms with Crippen LogP contribution in [0.4, 0.5) is 0 Å². The third-order valence-corrected chi connectivity index (χ3v) is 3.21. The van der Waals surface area contributed by atoms with Crippen molar-refractivity contribution in [3.63, 3.8) is 0 Å². The summed E-state index contributed by atoms with van der Waals surface area (Å²) in [5, 5.41) is 23.1. The number of sulfonamides is 1. The van der Waals surface area contributed by atoms with Crippen LogP contribution in [0.25, 0.3) is 0 Å². The first kappa shape index (κ1) is 12.6. The summed E-state index contributed by atoms with van der Waals surface area (Å²) in [6.07, 6.45) is 0.533. The molecule has 0 aliphatic rings. The van der Waals surface area contributed by atoms with E-state index in [2.05, 4.69) is 14.9 Å². The number of rotatable bonds is 6. The molecule has 1 heterocycles. The summed E-state index contributed by atoms with van der Waals surface area (Å²) in [5.41, 5.74) is 0. The number of hydrogen-bond donors (Lipinski definition) is 4. The van der Waals surface area contributed by atoms with E-state index in [-0.39, 0.29) is 17.9 Å². The van der Waals surface area contributed by atoms with E-state index in [0.29, 0.717) is 0 Å². The van der Waals surface area contributed by atoms with E-state index in [1.807, 2.05) is 0 Å². The molecule has 0 aliphatic heterocycles. The Labute approximate surface area is 91.3 Å². The van der Waals surface area contributed by atoms with Gasteiger partial charge in [-0.05, 0) is 6.42 Å². The average molecular weight is 249 g/mol. The smallest absolute Gasteiger partial charge is 0.332 e. The van der Waals surface area contributed by atoms with Crippen molar-refractivity contribution in [3.8, 4) is 0 Å². The molecule has 1 atom stereocenters. The van der Waals surface area contributed by atoms with Crippen molar-refractivity contribution < 1.29 is 23.4 Å². The van der Waals surface area contributed by atoms with Crippen LogP contribution in [0, 0.1) is 0 Å². The molecule has 0 radical (unpaired) electrons. The number of carboxylic acid groups (broad SMARTS) is 1. The van der Waals surface area contributed by atoms with E-state index in [9.17, 15) is 13.2 Å².